The normalized spacial score (nSPS) is 11.8. The molecule has 146 valence electrons. The number of esters is 1. The first-order chi connectivity index (χ1) is 14.1. The number of aromatic nitrogens is 1. The van der Waals surface area contributed by atoms with E-state index in [1.807, 2.05) is 0 Å². The molecule has 4 rings (SSSR count). The van der Waals surface area contributed by atoms with E-state index in [9.17, 15) is 14.0 Å². The molecule has 0 unspecified atom stereocenters. The number of fused-ring (bicyclic) bond motifs is 1. The summed E-state index contributed by atoms with van der Waals surface area (Å²) < 4.78 is 29.4. The van der Waals surface area contributed by atoms with Crippen LogP contribution in [-0.4, -0.2) is 30.1 Å². The lowest BCUT2D eigenvalue weighted by atomic mass is 10.1. The third-order valence-electron chi connectivity index (χ3n) is 4.18. The van der Waals surface area contributed by atoms with Gasteiger partial charge in [0.1, 0.15) is 17.2 Å². The molecule has 29 heavy (non-hydrogen) atoms. The van der Waals surface area contributed by atoms with E-state index >= 15 is 0 Å². The molecule has 0 amide bonds. The Morgan fingerprint density at radius 3 is 2.76 bits per heavy atom. The fourth-order valence-corrected chi connectivity index (χ4v) is 2.72. The maximum absolute atomic E-state index is 13.9. The Balaban J connectivity index is 1.45. The minimum atomic E-state index is -0.758. The number of pyridine rings is 1. The zero-order valence-corrected chi connectivity index (χ0v) is 15.1. The van der Waals surface area contributed by atoms with Crippen LogP contribution in [0.15, 0.2) is 60.8 Å². The first kappa shape index (κ1) is 18.4. The summed E-state index contributed by atoms with van der Waals surface area (Å²) in [6, 6.07) is 13.7. The standard InChI is InChI=1S/C21H15FN2O5/c22-15-5-1-2-6-16(15)24-20-14(4-3-9-23-20)21(26)27-11-17(25)13-7-8-18-19(10-13)29-12-28-18/h1-10H,11-12H2,(H,23,24). The first-order valence-electron chi connectivity index (χ1n) is 8.68. The molecular weight excluding hydrogens is 379 g/mol. The van der Waals surface area contributed by atoms with Gasteiger partial charge in [-0.05, 0) is 42.5 Å². The van der Waals surface area contributed by atoms with Crippen LogP contribution in [0.5, 0.6) is 11.5 Å². The number of nitrogens with zero attached hydrogens (tertiary/aromatic N) is 1. The number of carbonyl (C=O) groups is 2. The summed E-state index contributed by atoms with van der Waals surface area (Å²) in [6.45, 7) is -0.368. The van der Waals surface area contributed by atoms with Gasteiger partial charge in [-0.15, -0.1) is 0 Å². The quantitative estimate of drug-likeness (QED) is 0.503. The maximum Gasteiger partial charge on any atom is 0.342 e. The van der Waals surface area contributed by atoms with Crippen LogP contribution in [0.25, 0.3) is 0 Å². The summed E-state index contributed by atoms with van der Waals surface area (Å²) in [5, 5.41) is 2.77. The number of carbonyl (C=O) groups excluding carboxylic acids is 2. The van der Waals surface area contributed by atoms with Gasteiger partial charge in [0.15, 0.2) is 23.9 Å². The molecule has 0 saturated carbocycles. The Kier molecular flexibility index (Phi) is 5.07. The van der Waals surface area contributed by atoms with E-state index in [-0.39, 0.29) is 23.9 Å². The molecule has 1 aromatic heterocycles. The molecule has 0 saturated heterocycles. The molecule has 2 aromatic carbocycles. The highest BCUT2D eigenvalue weighted by Gasteiger charge is 2.19. The van der Waals surface area contributed by atoms with Crippen LogP contribution >= 0.6 is 0 Å². The Bertz CT molecular complexity index is 1090. The molecule has 7 nitrogen and oxygen atoms in total. The second-order valence-electron chi connectivity index (χ2n) is 6.07. The van der Waals surface area contributed by atoms with Crippen molar-refractivity contribution in [1.29, 1.82) is 0 Å². The van der Waals surface area contributed by atoms with E-state index in [1.165, 1.54) is 30.5 Å². The van der Waals surface area contributed by atoms with E-state index in [0.717, 1.165) is 0 Å². The average molecular weight is 394 g/mol. The van der Waals surface area contributed by atoms with Gasteiger partial charge >= 0.3 is 5.97 Å². The molecule has 0 bridgehead atoms. The molecule has 1 N–H and O–H groups in total. The van der Waals surface area contributed by atoms with Crippen molar-refractivity contribution < 1.29 is 28.2 Å². The van der Waals surface area contributed by atoms with Crippen molar-refractivity contribution in [2.24, 2.45) is 0 Å². The summed E-state index contributed by atoms with van der Waals surface area (Å²) in [4.78, 5) is 28.9. The highest BCUT2D eigenvalue weighted by molar-refractivity contribution is 6.01. The zero-order valence-electron chi connectivity index (χ0n) is 15.1. The number of rotatable bonds is 6. The minimum absolute atomic E-state index is 0.0780. The molecule has 1 aliphatic rings. The second kappa shape index (κ2) is 7.97. The van der Waals surface area contributed by atoms with Crippen LogP contribution in [0.2, 0.25) is 0 Å². The highest BCUT2D eigenvalue weighted by Crippen LogP contribution is 2.32. The van der Waals surface area contributed by atoms with Crippen molar-refractivity contribution in [3.63, 3.8) is 0 Å². The number of nitrogens with one attached hydrogen (secondary N) is 1. The van der Waals surface area contributed by atoms with Gasteiger partial charge in [-0.1, -0.05) is 12.1 Å². The van der Waals surface area contributed by atoms with E-state index < -0.39 is 24.2 Å². The third-order valence-corrected chi connectivity index (χ3v) is 4.18. The van der Waals surface area contributed by atoms with Crippen LogP contribution in [0, 0.1) is 5.82 Å². The summed E-state index contributed by atoms with van der Waals surface area (Å²) in [7, 11) is 0. The lowest BCUT2D eigenvalue weighted by molar-refractivity contribution is 0.0475. The number of hydrogen-bond donors (Lipinski definition) is 1. The Morgan fingerprint density at radius 2 is 1.90 bits per heavy atom. The van der Waals surface area contributed by atoms with E-state index in [2.05, 4.69) is 10.3 Å². The number of ether oxygens (including phenoxy) is 3. The fourth-order valence-electron chi connectivity index (χ4n) is 2.72. The van der Waals surface area contributed by atoms with Crippen LogP contribution < -0.4 is 14.8 Å². The van der Waals surface area contributed by atoms with Crippen molar-refractivity contribution in [1.82, 2.24) is 4.98 Å². The summed E-state index contributed by atoms with van der Waals surface area (Å²) in [5.41, 5.74) is 0.573. The fraction of sp³-hybridized carbons (Fsp3) is 0.0952. The van der Waals surface area contributed by atoms with Gasteiger partial charge in [-0.3, -0.25) is 4.79 Å². The Hall–Kier alpha value is -3.94. The predicted octanol–water partition coefficient (Wildman–Crippen LogP) is 3.73. The number of benzene rings is 2. The van der Waals surface area contributed by atoms with Crippen molar-refractivity contribution in [2.45, 2.75) is 0 Å². The Labute approximate surface area is 165 Å². The van der Waals surface area contributed by atoms with Gasteiger partial charge in [-0.25, -0.2) is 14.2 Å². The van der Waals surface area contributed by atoms with Gasteiger partial charge in [0.2, 0.25) is 6.79 Å². The molecule has 2 heterocycles. The highest BCUT2D eigenvalue weighted by atomic mass is 19.1. The van der Waals surface area contributed by atoms with E-state index in [4.69, 9.17) is 14.2 Å². The Morgan fingerprint density at radius 1 is 1.07 bits per heavy atom. The van der Waals surface area contributed by atoms with E-state index in [1.54, 1.807) is 30.3 Å². The molecule has 0 fully saturated rings. The predicted molar refractivity (Wildman–Crippen MR) is 101 cm³/mol. The molecule has 0 spiro atoms. The third kappa shape index (κ3) is 4.01. The van der Waals surface area contributed by atoms with Gasteiger partial charge < -0.3 is 19.5 Å². The SMILES string of the molecule is O=C(COC(=O)c1cccnc1Nc1ccccc1F)c1ccc2c(c1)OCO2. The molecule has 3 aromatic rings. The van der Waals surface area contributed by atoms with Gasteiger partial charge in [0.05, 0.1) is 5.69 Å². The number of ketones is 1. The number of hydrogen-bond acceptors (Lipinski definition) is 7. The van der Waals surface area contributed by atoms with Gasteiger partial charge in [-0.2, -0.15) is 0 Å². The van der Waals surface area contributed by atoms with Gasteiger partial charge in [0, 0.05) is 11.8 Å². The maximum atomic E-state index is 13.9. The monoisotopic (exact) mass is 394 g/mol. The molecular formula is C21H15FN2O5. The number of halogens is 1. The zero-order chi connectivity index (χ0) is 20.2. The second-order valence-corrected chi connectivity index (χ2v) is 6.07. The largest absolute Gasteiger partial charge is 0.454 e. The number of anilines is 2. The smallest absolute Gasteiger partial charge is 0.342 e. The van der Waals surface area contributed by atoms with Crippen LogP contribution in [0.4, 0.5) is 15.9 Å². The topological polar surface area (TPSA) is 86.8 Å². The van der Waals surface area contributed by atoms with Crippen LogP contribution in [0.1, 0.15) is 20.7 Å². The molecule has 8 heteroatoms. The number of para-hydroxylation sites is 1. The molecule has 0 aliphatic carbocycles. The summed E-state index contributed by atoms with van der Waals surface area (Å²) in [6.07, 6.45) is 1.46. The van der Waals surface area contributed by atoms with Crippen molar-refractivity contribution >= 4 is 23.3 Å². The summed E-state index contributed by atoms with van der Waals surface area (Å²) >= 11 is 0. The van der Waals surface area contributed by atoms with Crippen LogP contribution in [-0.2, 0) is 4.74 Å². The van der Waals surface area contributed by atoms with Crippen molar-refractivity contribution in [3.8, 4) is 11.5 Å². The molecule has 0 radical (unpaired) electrons. The average Bonchev–Trinajstić information content (AvgIpc) is 3.21. The first-order valence-corrected chi connectivity index (χ1v) is 8.68. The molecule has 0 atom stereocenters. The van der Waals surface area contributed by atoms with Crippen LogP contribution in [0.3, 0.4) is 0 Å². The lowest BCUT2D eigenvalue weighted by Crippen LogP contribution is -2.16. The molecule has 1 aliphatic heterocycles. The van der Waals surface area contributed by atoms with Gasteiger partial charge in [0.25, 0.3) is 0 Å². The van der Waals surface area contributed by atoms with Crippen molar-refractivity contribution in [2.75, 3.05) is 18.7 Å². The van der Waals surface area contributed by atoms with Crippen molar-refractivity contribution in [3.05, 3.63) is 77.7 Å². The number of Topliss-reactive ketones (excluding diaryl/α,β-unsaturated/α-hetero) is 1. The minimum Gasteiger partial charge on any atom is -0.454 e. The van der Waals surface area contributed by atoms with E-state index in [0.29, 0.717) is 17.1 Å². The lowest BCUT2D eigenvalue weighted by Gasteiger charge is -2.11. The summed E-state index contributed by atoms with van der Waals surface area (Å²) in [5.74, 6) is -0.507.